The van der Waals surface area contributed by atoms with Crippen molar-refractivity contribution in [1.82, 2.24) is 9.78 Å². The van der Waals surface area contributed by atoms with Gasteiger partial charge in [0.05, 0.1) is 17.1 Å². The fraction of sp³-hybridized carbons (Fsp3) is 0.667. The maximum Gasteiger partial charge on any atom is 0.363 e. The molecule has 1 rings (SSSR count). The molecule has 0 radical (unpaired) electrons. The largest absolute Gasteiger partial charge is 0.461 e. The van der Waals surface area contributed by atoms with Crippen LogP contribution in [0.3, 0.4) is 0 Å². The Hall–Kier alpha value is -1.92. The molecule has 0 saturated heterocycles. The van der Waals surface area contributed by atoms with Crippen molar-refractivity contribution in [1.29, 1.82) is 0 Å². The van der Waals surface area contributed by atoms with Crippen LogP contribution >= 0.6 is 0 Å². The lowest BCUT2D eigenvalue weighted by Crippen LogP contribution is -2.28. The van der Waals surface area contributed by atoms with Gasteiger partial charge in [0, 0.05) is 0 Å². The minimum absolute atomic E-state index is 0.0869. The third kappa shape index (κ3) is 2.91. The first-order chi connectivity index (χ1) is 8.73. The second-order valence-corrected chi connectivity index (χ2v) is 5.06. The summed E-state index contributed by atoms with van der Waals surface area (Å²) in [5.74, 6) is -0.712. The Kier molecular flexibility index (Phi) is 4.28. The van der Waals surface area contributed by atoms with E-state index in [2.05, 4.69) is 5.10 Å². The average molecular weight is 269 g/mol. The van der Waals surface area contributed by atoms with Crippen LogP contribution < -0.4 is 0 Å². The molecule has 0 fully saturated rings. The molecule has 0 aliphatic heterocycles. The Labute approximate surface area is 111 Å². The predicted octanol–water partition coefficient (Wildman–Crippen LogP) is 2.29. The lowest BCUT2D eigenvalue weighted by Gasteiger charge is -2.20. The summed E-state index contributed by atoms with van der Waals surface area (Å²) in [5, 5.41) is 15.4. The second kappa shape index (κ2) is 5.38. The van der Waals surface area contributed by atoms with Crippen molar-refractivity contribution in [2.75, 3.05) is 6.61 Å². The van der Waals surface area contributed by atoms with Gasteiger partial charge in [-0.05, 0) is 34.1 Å². The van der Waals surface area contributed by atoms with Crippen LogP contribution in [0, 0.1) is 10.1 Å². The van der Waals surface area contributed by atoms with Gasteiger partial charge in [-0.25, -0.2) is 9.48 Å². The third-order valence-electron chi connectivity index (χ3n) is 2.55. The molecule has 0 aliphatic rings. The predicted molar refractivity (Wildman–Crippen MR) is 69.2 cm³/mol. The molecule has 0 unspecified atom stereocenters. The molecule has 1 aromatic rings. The van der Waals surface area contributed by atoms with E-state index in [9.17, 15) is 14.9 Å². The monoisotopic (exact) mass is 269 g/mol. The number of hydrogen-bond donors (Lipinski definition) is 0. The molecule has 0 saturated carbocycles. The van der Waals surface area contributed by atoms with Crippen molar-refractivity contribution in [2.24, 2.45) is 0 Å². The van der Waals surface area contributed by atoms with Gasteiger partial charge in [0.25, 0.3) is 0 Å². The number of nitrogens with zero attached hydrogens (tertiary/aromatic N) is 3. The molecular weight excluding hydrogens is 250 g/mol. The SMILES string of the molecule is CCOC(=O)c1c([N+](=O)[O-])c(CC)nn1C(C)(C)C. The Morgan fingerprint density at radius 3 is 2.37 bits per heavy atom. The van der Waals surface area contributed by atoms with E-state index in [1.165, 1.54) is 4.68 Å². The van der Waals surface area contributed by atoms with Crippen LogP contribution in [0.25, 0.3) is 0 Å². The Morgan fingerprint density at radius 1 is 1.42 bits per heavy atom. The highest BCUT2D eigenvalue weighted by Gasteiger charge is 2.36. The number of ether oxygens (including phenoxy) is 1. The van der Waals surface area contributed by atoms with Crippen LogP contribution in [-0.2, 0) is 16.7 Å². The molecule has 1 aromatic heterocycles. The summed E-state index contributed by atoms with van der Waals surface area (Å²) < 4.78 is 6.29. The van der Waals surface area contributed by atoms with E-state index in [1.807, 2.05) is 20.8 Å². The molecule has 0 bridgehead atoms. The minimum atomic E-state index is -0.712. The van der Waals surface area contributed by atoms with Gasteiger partial charge >= 0.3 is 11.7 Å². The fourth-order valence-electron chi connectivity index (χ4n) is 1.75. The van der Waals surface area contributed by atoms with Gasteiger partial charge in [-0.3, -0.25) is 10.1 Å². The van der Waals surface area contributed by atoms with Crippen LogP contribution in [0.15, 0.2) is 0 Å². The summed E-state index contributed by atoms with van der Waals surface area (Å²) >= 11 is 0. The molecule has 106 valence electrons. The molecule has 0 aliphatic carbocycles. The van der Waals surface area contributed by atoms with Gasteiger partial charge in [-0.15, -0.1) is 0 Å². The van der Waals surface area contributed by atoms with Gasteiger partial charge in [0.2, 0.25) is 5.69 Å². The zero-order chi connectivity index (χ0) is 14.8. The quantitative estimate of drug-likeness (QED) is 0.475. The minimum Gasteiger partial charge on any atom is -0.461 e. The summed E-state index contributed by atoms with van der Waals surface area (Å²) in [6, 6.07) is 0. The molecule has 19 heavy (non-hydrogen) atoms. The first-order valence-electron chi connectivity index (χ1n) is 6.17. The number of esters is 1. The summed E-state index contributed by atoms with van der Waals surface area (Å²) in [6.07, 6.45) is 0.381. The third-order valence-corrected chi connectivity index (χ3v) is 2.55. The van der Waals surface area contributed by atoms with E-state index in [0.29, 0.717) is 12.1 Å². The Bertz CT molecular complexity index is 500. The van der Waals surface area contributed by atoms with Gasteiger partial charge in [0.15, 0.2) is 0 Å². The number of aromatic nitrogens is 2. The van der Waals surface area contributed by atoms with E-state index < -0.39 is 16.4 Å². The molecule has 0 aromatic carbocycles. The van der Waals surface area contributed by atoms with E-state index in [0.717, 1.165) is 0 Å². The fourth-order valence-corrected chi connectivity index (χ4v) is 1.75. The molecular formula is C12H19N3O4. The first-order valence-corrected chi connectivity index (χ1v) is 6.17. The highest BCUT2D eigenvalue weighted by Crippen LogP contribution is 2.29. The zero-order valence-corrected chi connectivity index (χ0v) is 11.9. The standard InChI is InChI=1S/C12H19N3O4/c1-6-8-9(15(17)18)10(11(16)19-7-2)14(13-8)12(3,4)5/h6-7H2,1-5H3. The van der Waals surface area contributed by atoms with Gasteiger partial charge in [-0.2, -0.15) is 5.10 Å². The molecule has 7 heteroatoms. The van der Waals surface area contributed by atoms with Crippen LogP contribution in [0.2, 0.25) is 0 Å². The van der Waals surface area contributed by atoms with Crippen molar-refractivity contribution < 1.29 is 14.5 Å². The van der Waals surface area contributed by atoms with E-state index in [-0.39, 0.29) is 18.0 Å². The van der Waals surface area contributed by atoms with E-state index >= 15 is 0 Å². The molecule has 1 heterocycles. The Balaban J connectivity index is 3.56. The molecule has 7 nitrogen and oxygen atoms in total. The molecule has 0 spiro atoms. The molecule has 0 amide bonds. The summed E-state index contributed by atoms with van der Waals surface area (Å²) in [7, 11) is 0. The normalized spacial score (nSPS) is 11.4. The molecule has 0 N–H and O–H groups in total. The van der Waals surface area contributed by atoms with Crippen LogP contribution in [0.5, 0.6) is 0 Å². The smallest absolute Gasteiger partial charge is 0.363 e. The van der Waals surface area contributed by atoms with Crippen molar-refractivity contribution in [3.63, 3.8) is 0 Å². The summed E-state index contributed by atoms with van der Waals surface area (Å²) in [6.45, 7) is 9.05. The van der Waals surface area contributed by atoms with Gasteiger partial charge < -0.3 is 4.74 Å². The number of carbonyl (C=O) groups is 1. The second-order valence-electron chi connectivity index (χ2n) is 5.06. The van der Waals surface area contributed by atoms with E-state index in [4.69, 9.17) is 4.74 Å². The zero-order valence-electron chi connectivity index (χ0n) is 11.9. The molecule has 0 atom stereocenters. The van der Waals surface area contributed by atoms with Crippen molar-refractivity contribution >= 4 is 11.7 Å². The number of hydrogen-bond acceptors (Lipinski definition) is 5. The van der Waals surface area contributed by atoms with Crippen molar-refractivity contribution in [3.05, 3.63) is 21.5 Å². The number of aryl methyl sites for hydroxylation is 1. The number of carbonyl (C=O) groups excluding carboxylic acids is 1. The Morgan fingerprint density at radius 2 is 2.00 bits per heavy atom. The lowest BCUT2D eigenvalue weighted by atomic mass is 10.1. The number of nitro groups is 1. The summed E-state index contributed by atoms with van der Waals surface area (Å²) in [5.41, 5.74) is -0.588. The number of rotatable bonds is 4. The van der Waals surface area contributed by atoms with Crippen molar-refractivity contribution in [2.45, 2.75) is 46.6 Å². The van der Waals surface area contributed by atoms with E-state index in [1.54, 1.807) is 13.8 Å². The average Bonchev–Trinajstić information content (AvgIpc) is 2.68. The van der Waals surface area contributed by atoms with Crippen LogP contribution in [0.4, 0.5) is 5.69 Å². The van der Waals surface area contributed by atoms with Gasteiger partial charge in [0.1, 0.15) is 5.69 Å². The van der Waals surface area contributed by atoms with Crippen LogP contribution in [-0.4, -0.2) is 27.3 Å². The van der Waals surface area contributed by atoms with Crippen LogP contribution in [0.1, 0.15) is 50.8 Å². The van der Waals surface area contributed by atoms with Gasteiger partial charge in [-0.1, -0.05) is 6.92 Å². The van der Waals surface area contributed by atoms with Crippen molar-refractivity contribution in [3.8, 4) is 0 Å². The highest BCUT2D eigenvalue weighted by atomic mass is 16.6. The highest BCUT2D eigenvalue weighted by molar-refractivity contribution is 5.92. The maximum atomic E-state index is 12.0. The summed E-state index contributed by atoms with van der Waals surface area (Å²) in [4.78, 5) is 22.6. The topological polar surface area (TPSA) is 87.3 Å². The maximum absolute atomic E-state index is 12.0. The lowest BCUT2D eigenvalue weighted by molar-refractivity contribution is -0.386. The first kappa shape index (κ1) is 15.1.